The van der Waals surface area contributed by atoms with Crippen molar-refractivity contribution >= 4 is 33.2 Å². The van der Waals surface area contributed by atoms with Gasteiger partial charge < -0.3 is 9.64 Å². The van der Waals surface area contributed by atoms with Crippen LogP contribution in [0.2, 0.25) is 5.02 Å². The lowest BCUT2D eigenvalue weighted by molar-refractivity contribution is 0.0977. The van der Waals surface area contributed by atoms with E-state index < -0.39 is 32.8 Å². The molecular weight excluding hydrogens is 486 g/mol. The zero-order valence-electron chi connectivity index (χ0n) is 18.4. The summed E-state index contributed by atoms with van der Waals surface area (Å²) < 4.78 is 60.9. The van der Waals surface area contributed by atoms with Crippen LogP contribution in [0.3, 0.4) is 0 Å². The second-order valence-corrected chi connectivity index (χ2v) is 11.6. The van der Waals surface area contributed by atoms with E-state index in [0.717, 1.165) is 32.2 Å². The molecule has 1 heterocycles. The average Bonchev–Trinajstić information content (AvgIpc) is 3.67. The number of rotatable bonds is 7. The Morgan fingerprint density at radius 2 is 1.85 bits per heavy atom. The number of carbonyl (C=O) groups is 1. The molecule has 0 aromatic heterocycles. The lowest BCUT2D eigenvalue weighted by Gasteiger charge is -2.35. The highest BCUT2D eigenvalue weighted by molar-refractivity contribution is 7.91. The molecule has 1 N–H and O–H groups in total. The van der Waals surface area contributed by atoms with E-state index in [1.165, 1.54) is 24.3 Å². The molecule has 1 saturated heterocycles. The van der Waals surface area contributed by atoms with E-state index in [1.54, 1.807) is 6.07 Å². The highest BCUT2D eigenvalue weighted by atomic mass is 35.5. The summed E-state index contributed by atoms with van der Waals surface area (Å²) >= 11 is 6.23. The van der Waals surface area contributed by atoms with Crippen LogP contribution in [0.25, 0.3) is 0 Å². The van der Waals surface area contributed by atoms with Crippen molar-refractivity contribution in [2.75, 3.05) is 18.0 Å². The van der Waals surface area contributed by atoms with Crippen molar-refractivity contribution in [3.8, 4) is 5.75 Å². The van der Waals surface area contributed by atoms with E-state index in [0.29, 0.717) is 41.4 Å². The molecule has 2 aliphatic carbocycles. The first-order chi connectivity index (χ1) is 16.2. The van der Waals surface area contributed by atoms with Gasteiger partial charge in [0.05, 0.1) is 28.1 Å². The fraction of sp³-hybridized carbons (Fsp3) is 0.458. The number of hydrogen-bond donors (Lipinski definition) is 1. The minimum Gasteiger partial charge on any atom is -0.488 e. The summed E-state index contributed by atoms with van der Waals surface area (Å²) in [6, 6.07) is 6.89. The molecule has 2 aromatic rings. The maximum absolute atomic E-state index is 14.9. The number of benzene rings is 2. The molecule has 2 aromatic carbocycles. The van der Waals surface area contributed by atoms with Gasteiger partial charge in [-0.3, -0.25) is 4.79 Å². The first-order valence-corrected chi connectivity index (χ1v) is 13.4. The summed E-state index contributed by atoms with van der Waals surface area (Å²) in [5.74, 6) is -1.66. The smallest absolute Gasteiger partial charge is 0.267 e. The van der Waals surface area contributed by atoms with Crippen molar-refractivity contribution in [3.05, 3.63) is 58.1 Å². The summed E-state index contributed by atoms with van der Waals surface area (Å²) in [6.07, 6.45) is 4.12. The Balaban J connectivity index is 1.35. The third-order valence-electron chi connectivity index (χ3n) is 6.48. The number of anilines is 1. The van der Waals surface area contributed by atoms with Gasteiger partial charge in [-0.25, -0.2) is 21.9 Å². The van der Waals surface area contributed by atoms with Gasteiger partial charge in [-0.1, -0.05) is 11.6 Å². The van der Waals surface area contributed by atoms with Crippen LogP contribution in [-0.2, 0) is 10.0 Å². The molecule has 2 saturated carbocycles. The number of halogens is 3. The Bertz CT molecular complexity index is 1230. The molecule has 34 heavy (non-hydrogen) atoms. The van der Waals surface area contributed by atoms with Crippen molar-refractivity contribution in [2.45, 2.75) is 55.8 Å². The molecule has 6 nitrogen and oxygen atoms in total. The van der Waals surface area contributed by atoms with Crippen LogP contribution in [0.15, 0.2) is 30.3 Å². The predicted molar refractivity (Wildman–Crippen MR) is 125 cm³/mol. The topological polar surface area (TPSA) is 75.7 Å². The fourth-order valence-corrected chi connectivity index (χ4v) is 5.96. The number of carbonyl (C=O) groups excluding carboxylic acids is 1. The Labute approximate surface area is 202 Å². The normalized spacial score (nSPS) is 20.8. The number of ether oxygens (including phenoxy) is 1. The molecule has 1 amide bonds. The molecule has 3 fully saturated rings. The highest BCUT2D eigenvalue weighted by Crippen LogP contribution is 2.45. The number of amides is 1. The summed E-state index contributed by atoms with van der Waals surface area (Å²) in [4.78, 5) is 14.6. The quantitative estimate of drug-likeness (QED) is 0.581. The molecule has 3 aliphatic rings. The third kappa shape index (κ3) is 5.00. The Morgan fingerprint density at radius 3 is 2.53 bits per heavy atom. The first kappa shape index (κ1) is 23.4. The zero-order valence-corrected chi connectivity index (χ0v) is 20.0. The molecule has 0 spiro atoms. The predicted octanol–water partition coefficient (Wildman–Crippen LogP) is 4.77. The number of nitrogens with zero attached hydrogens (tertiary/aromatic N) is 1. The number of hydrogen-bond acceptors (Lipinski definition) is 5. The van der Waals surface area contributed by atoms with Gasteiger partial charge in [0.15, 0.2) is 0 Å². The lowest BCUT2D eigenvalue weighted by Crippen LogP contribution is -2.41. The monoisotopic (exact) mass is 510 g/mol. The van der Waals surface area contributed by atoms with Gasteiger partial charge in [0.2, 0.25) is 10.0 Å². The summed E-state index contributed by atoms with van der Waals surface area (Å²) in [5, 5.41) is -0.254. The van der Waals surface area contributed by atoms with Crippen LogP contribution in [0.5, 0.6) is 5.75 Å². The van der Waals surface area contributed by atoms with Gasteiger partial charge in [-0.05, 0) is 74.3 Å². The fourth-order valence-electron chi connectivity index (χ4n) is 4.38. The maximum atomic E-state index is 14.9. The lowest BCUT2D eigenvalue weighted by atomic mass is 10.0. The van der Waals surface area contributed by atoms with E-state index in [1.807, 2.05) is 9.62 Å². The molecule has 1 aliphatic heterocycles. The van der Waals surface area contributed by atoms with E-state index in [2.05, 4.69) is 0 Å². The standard InChI is InChI=1S/C24H25ClF2N2O4S/c25-20-10-15(26)5-8-22(20)29-9-1-2-16(13-29)33-23-12-21(27)19(11-18(23)14-3-4-14)24(30)28-34(31,32)17-6-7-17/h5,8,10-12,14,16-17H,1-4,6-7,9,13H2,(H,28,30)/t16-/m1/s1. The van der Waals surface area contributed by atoms with Crippen molar-refractivity contribution in [2.24, 2.45) is 0 Å². The van der Waals surface area contributed by atoms with Crippen LogP contribution in [0.1, 0.15) is 60.4 Å². The molecule has 0 radical (unpaired) electrons. The highest BCUT2D eigenvalue weighted by Gasteiger charge is 2.38. The van der Waals surface area contributed by atoms with Crippen LogP contribution < -0.4 is 14.4 Å². The minimum atomic E-state index is -3.78. The van der Waals surface area contributed by atoms with Crippen molar-refractivity contribution in [1.82, 2.24) is 4.72 Å². The number of piperidine rings is 1. The molecule has 0 bridgehead atoms. The molecule has 182 valence electrons. The van der Waals surface area contributed by atoms with Gasteiger partial charge in [-0.15, -0.1) is 0 Å². The van der Waals surface area contributed by atoms with E-state index in [9.17, 15) is 22.0 Å². The van der Waals surface area contributed by atoms with Crippen LogP contribution >= 0.6 is 11.6 Å². The van der Waals surface area contributed by atoms with Gasteiger partial charge in [0.25, 0.3) is 5.91 Å². The number of sulfonamides is 1. The van der Waals surface area contributed by atoms with Crippen LogP contribution in [0, 0.1) is 11.6 Å². The molecule has 1 atom stereocenters. The SMILES string of the molecule is O=C(NS(=O)(=O)C1CC1)c1cc(C2CC2)c(O[C@@H]2CCCN(c3ccc(F)cc3Cl)C2)cc1F. The van der Waals surface area contributed by atoms with Crippen molar-refractivity contribution < 1.29 is 26.7 Å². The maximum Gasteiger partial charge on any atom is 0.267 e. The first-order valence-electron chi connectivity index (χ1n) is 11.5. The van der Waals surface area contributed by atoms with Gasteiger partial charge in [0.1, 0.15) is 23.5 Å². The van der Waals surface area contributed by atoms with Crippen LogP contribution in [0.4, 0.5) is 14.5 Å². The molecule has 5 rings (SSSR count). The van der Waals surface area contributed by atoms with Crippen LogP contribution in [-0.4, -0.2) is 38.8 Å². The molecular formula is C24H25ClF2N2O4S. The molecule has 0 unspecified atom stereocenters. The second kappa shape index (κ2) is 9.00. The summed E-state index contributed by atoms with van der Waals surface area (Å²) in [6.45, 7) is 1.24. The van der Waals surface area contributed by atoms with Gasteiger partial charge in [0, 0.05) is 12.6 Å². The Morgan fingerprint density at radius 1 is 1.09 bits per heavy atom. The third-order valence-corrected chi connectivity index (χ3v) is 8.60. The average molecular weight is 511 g/mol. The van der Waals surface area contributed by atoms with Crippen molar-refractivity contribution in [3.63, 3.8) is 0 Å². The van der Waals surface area contributed by atoms with E-state index >= 15 is 0 Å². The van der Waals surface area contributed by atoms with Crippen molar-refractivity contribution in [1.29, 1.82) is 0 Å². The largest absolute Gasteiger partial charge is 0.488 e. The van der Waals surface area contributed by atoms with E-state index in [4.69, 9.17) is 16.3 Å². The summed E-state index contributed by atoms with van der Waals surface area (Å²) in [7, 11) is -3.78. The summed E-state index contributed by atoms with van der Waals surface area (Å²) in [5.41, 5.74) is 1.14. The Hall–Kier alpha value is -2.39. The Kier molecular flexibility index (Phi) is 6.18. The van der Waals surface area contributed by atoms with Gasteiger partial charge >= 0.3 is 0 Å². The second-order valence-electron chi connectivity index (χ2n) is 9.24. The zero-order chi connectivity index (χ0) is 24.0. The minimum absolute atomic E-state index is 0.147. The van der Waals surface area contributed by atoms with E-state index in [-0.39, 0.29) is 17.6 Å². The number of nitrogens with one attached hydrogen (secondary N) is 1. The molecule has 10 heteroatoms. The van der Waals surface area contributed by atoms with Gasteiger partial charge in [-0.2, -0.15) is 0 Å².